The molecule has 0 spiro atoms. The molecule has 194 valence electrons. The number of rotatable bonds is 11. The molecule has 0 radical (unpaired) electrons. The molecule has 4 atom stereocenters. The SMILES string of the molecule is CCCCCC(C)C(NC(=O)c1cnccn1)C(=O)N[C@H](C(=O)N1CCCC1C(=O)O)C(C)(C)C. The Morgan fingerprint density at radius 1 is 1.17 bits per heavy atom. The lowest BCUT2D eigenvalue weighted by atomic mass is 9.84. The van der Waals surface area contributed by atoms with Crippen molar-refractivity contribution in [2.45, 2.75) is 91.3 Å². The summed E-state index contributed by atoms with van der Waals surface area (Å²) in [5.74, 6) is -2.67. The summed E-state index contributed by atoms with van der Waals surface area (Å²) in [7, 11) is 0. The van der Waals surface area contributed by atoms with Crippen LogP contribution in [0.3, 0.4) is 0 Å². The van der Waals surface area contributed by atoms with Crippen LogP contribution in [-0.2, 0) is 14.4 Å². The highest BCUT2D eigenvalue weighted by Crippen LogP contribution is 2.26. The number of carboxylic acid groups (broad SMARTS) is 1. The minimum atomic E-state index is -1.05. The number of unbranched alkanes of at least 4 members (excludes halogenated alkanes) is 2. The minimum absolute atomic E-state index is 0.0934. The zero-order valence-corrected chi connectivity index (χ0v) is 21.4. The fraction of sp³-hybridized carbons (Fsp3) is 0.680. The van der Waals surface area contributed by atoms with Gasteiger partial charge in [-0.05, 0) is 30.6 Å². The molecular weight excluding hydrogens is 450 g/mol. The normalized spacial score (nSPS) is 18.4. The molecule has 10 nitrogen and oxygen atoms in total. The summed E-state index contributed by atoms with van der Waals surface area (Å²) in [5, 5.41) is 15.2. The molecular formula is C25H39N5O5. The highest BCUT2D eigenvalue weighted by atomic mass is 16.4. The second kappa shape index (κ2) is 12.6. The highest BCUT2D eigenvalue weighted by molar-refractivity contribution is 5.97. The van der Waals surface area contributed by atoms with E-state index in [1.807, 2.05) is 27.7 Å². The van der Waals surface area contributed by atoms with Crippen molar-refractivity contribution in [3.05, 3.63) is 24.3 Å². The number of aliphatic carboxylic acids is 1. The molecule has 0 bridgehead atoms. The number of carboxylic acids is 1. The fourth-order valence-electron chi connectivity index (χ4n) is 4.31. The summed E-state index contributed by atoms with van der Waals surface area (Å²) in [6, 6.07) is -2.74. The van der Waals surface area contributed by atoms with E-state index in [0.29, 0.717) is 25.8 Å². The van der Waals surface area contributed by atoms with Crippen LogP contribution in [0.15, 0.2) is 18.6 Å². The Labute approximate surface area is 207 Å². The van der Waals surface area contributed by atoms with Gasteiger partial charge in [-0.1, -0.05) is 53.9 Å². The molecule has 35 heavy (non-hydrogen) atoms. The first-order chi connectivity index (χ1) is 16.5. The van der Waals surface area contributed by atoms with Crippen molar-refractivity contribution in [3.8, 4) is 0 Å². The molecule has 2 rings (SSSR count). The van der Waals surface area contributed by atoms with Crippen molar-refractivity contribution in [3.63, 3.8) is 0 Å². The Bertz CT molecular complexity index is 886. The number of carbonyl (C=O) groups is 4. The first-order valence-corrected chi connectivity index (χ1v) is 12.4. The zero-order chi connectivity index (χ0) is 26.2. The van der Waals surface area contributed by atoms with Crippen LogP contribution >= 0.6 is 0 Å². The predicted molar refractivity (Wildman–Crippen MR) is 130 cm³/mol. The van der Waals surface area contributed by atoms with Crippen LogP contribution in [0.2, 0.25) is 0 Å². The van der Waals surface area contributed by atoms with Gasteiger partial charge in [-0.3, -0.25) is 19.4 Å². The predicted octanol–water partition coefficient (Wildman–Crippen LogP) is 2.40. The third-order valence-corrected chi connectivity index (χ3v) is 6.42. The van der Waals surface area contributed by atoms with Gasteiger partial charge in [0.15, 0.2) is 0 Å². The molecule has 3 unspecified atom stereocenters. The van der Waals surface area contributed by atoms with Gasteiger partial charge in [0.05, 0.1) is 6.20 Å². The van der Waals surface area contributed by atoms with Gasteiger partial charge in [0.25, 0.3) is 5.91 Å². The Morgan fingerprint density at radius 3 is 2.46 bits per heavy atom. The molecule has 10 heteroatoms. The van der Waals surface area contributed by atoms with E-state index in [2.05, 4.69) is 27.5 Å². The Balaban J connectivity index is 2.26. The zero-order valence-electron chi connectivity index (χ0n) is 21.4. The maximum Gasteiger partial charge on any atom is 0.326 e. The van der Waals surface area contributed by atoms with Crippen molar-refractivity contribution >= 4 is 23.7 Å². The van der Waals surface area contributed by atoms with Gasteiger partial charge in [-0.15, -0.1) is 0 Å². The lowest BCUT2D eigenvalue weighted by molar-refractivity contribution is -0.150. The quantitative estimate of drug-likeness (QED) is 0.405. The summed E-state index contributed by atoms with van der Waals surface area (Å²) >= 11 is 0. The number of nitrogens with zero attached hydrogens (tertiary/aromatic N) is 3. The molecule has 3 amide bonds. The lowest BCUT2D eigenvalue weighted by Gasteiger charge is -2.36. The van der Waals surface area contributed by atoms with Crippen LogP contribution < -0.4 is 10.6 Å². The average Bonchev–Trinajstić information content (AvgIpc) is 3.30. The molecule has 1 aromatic heterocycles. The third kappa shape index (κ3) is 7.73. The molecule has 1 aliphatic rings. The molecule has 3 N–H and O–H groups in total. The van der Waals surface area contributed by atoms with E-state index in [4.69, 9.17) is 0 Å². The maximum atomic E-state index is 13.5. The Kier molecular flexibility index (Phi) is 10.2. The van der Waals surface area contributed by atoms with Gasteiger partial charge < -0.3 is 20.6 Å². The lowest BCUT2D eigenvalue weighted by Crippen LogP contribution is -2.60. The summed E-state index contributed by atoms with van der Waals surface area (Å²) in [6.45, 7) is 9.77. The average molecular weight is 490 g/mol. The van der Waals surface area contributed by atoms with Crippen LogP contribution in [0.4, 0.5) is 0 Å². The van der Waals surface area contributed by atoms with E-state index in [0.717, 1.165) is 19.3 Å². The molecule has 1 aliphatic heterocycles. The highest BCUT2D eigenvalue weighted by Gasteiger charge is 2.43. The van der Waals surface area contributed by atoms with E-state index in [1.165, 1.54) is 23.5 Å². The molecule has 0 aromatic carbocycles. The molecule has 1 fully saturated rings. The largest absolute Gasteiger partial charge is 0.480 e. The van der Waals surface area contributed by atoms with Crippen molar-refractivity contribution in [2.75, 3.05) is 6.54 Å². The van der Waals surface area contributed by atoms with Gasteiger partial charge in [-0.25, -0.2) is 9.78 Å². The van der Waals surface area contributed by atoms with Crippen LogP contribution in [-0.4, -0.2) is 68.3 Å². The first kappa shape index (κ1) is 28.2. The molecule has 1 aromatic rings. The van der Waals surface area contributed by atoms with Crippen LogP contribution in [0.5, 0.6) is 0 Å². The number of hydrogen-bond donors (Lipinski definition) is 3. The second-order valence-corrected chi connectivity index (χ2v) is 10.4. The molecule has 2 heterocycles. The molecule has 0 saturated carbocycles. The van der Waals surface area contributed by atoms with Crippen LogP contribution in [0.1, 0.15) is 83.6 Å². The van der Waals surface area contributed by atoms with Gasteiger partial charge in [-0.2, -0.15) is 0 Å². The van der Waals surface area contributed by atoms with Gasteiger partial charge in [0, 0.05) is 18.9 Å². The Hall–Kier alpha value is -3.04. The van der Waals surface area contributed by atoms with Crippen LogP contribution in [0, 0.1) is 11.3 Å². The molecule has 0 aliphatic carbocycles. The minimum Gasteiger partial charge on any atom is -0.480 e. The smallest absolute Gasteiger partial charge is 0.326 e. The van der Waals surface area contributed by atoms with Crippen molar-refractivity contribution < 1.29 is 24.3 Å². The van der Waals surface area contributed by atoms with Crippen molar-refractivity contribution in [2.24, 2.45) is 11.3 Å². The number of aromatic nitrogens is 2. The number of nitrogens with one attached hydrogen (secondary N) is 2. The number of amides is 3. The number of likely N-dealkylation sites (tertiary alicyclic amines) is 1. The summed E-state index contributed by atoms with van der Waals surface area (Å²) in [5.41, 5.74) is -0.584. The monoisotopic (exact) mass is 489 g/mol. The van der Waals surface area contributed by atoms with Crippen molar-refractivity contribution in [1.29, 1.82) is 0 Å². The van der Waals surface area contributed by atoms with E-state index >= 15 is 0 Å². The summed E-state index contributed by atoms with van der Waals surface area (Å²) in [6.07, 6.45) is 8.81. The van der Waals surface area contributed by atoms with Gasteiger partial charge in [0.1, 0.15) is 23.8 Å². The van der Waals surface area contributed by atoms with E-state index in [-0.39, 0.29) is 11.6 Å². The number of hydrogen-bond acceptors (Lipinski definition) is 6. The summed E-state index contributed by atoms with van der Waals surface area (Å²) in [4.78, 5) is 60.7. The fourth-order valence-corrected chi connectivity index (χ4v) is 4.31. The van der Waals surface area contributed by atoms with Gasteiger partial charge in [0.2, 0.25) is 11.8 Å². The topological polar surface area (TPSA) is 142 Å². The van der Waals surface area contributed by atoms with E-state index in [9.17, 15) is 24.3 Å². The Morgan fingerprint density at radius 2 is 1.89 bits per heavy atom. The third-order valence-electron chi connectivity index (χ3n) is 6.42. The van der Waals surface area contributed by atoms with E-state index < -0.39 is 47.2 Å². The van der Waals surface area contributed by atoms with Crippen molar-refractivity contribution in [1.82, 2.24) is 25.5 Å². The van der Waals surface area contributed by atoms with Gasteiger partial charge >= 0.3 is 5.97 Å². The standard InChI is InChI=1S/C25H39N5O5/c1-6-7-8-10-16(2)19(28-21(31)17-15-26-12-13-27-17)22(32)29-20(25(3,4)5)23(33)30-14-9-11-18(30)24(34)35/h12-13,15-16,18-20H,6-11,14H2,1-5H3,(H,28,31)(H,29,32)(H,34,35)/t16?,18?,19?,20-/m1/s1. The maximum absolute atomic E-state index is 13.5. The second-order valence-electron chi connectivity index (χ2n) is 10.4. The van der Waals surface area contributed by atoms with E-state index in [1.54, 1.807) is 0 Å². The summed E-state index contributed by atoms with van der Waals surface area (Å²) < 4.78 is 0. The molecule has 1 saturated heterocycles. The number of carbonyl (C=O) groups excluding carboxylic acids is 3. The first-order valence-electron chi connectivity index (χ1n) is 12.4. The van der Waals surface area contributed by atoms with Crippen LogP contribution in [0.25, 0.3) is 0 Å².